The molecule has 1 aliphatic rings. The molecule has 0 aliphatic carbocycles. The maximum atomic E-state index is 12.1. The number of aliphatic carboxylic acids is 1. The average molecular weight is 275 g/mol. The third-order valence-electron chi connectivity index (χ3n) is 3.65. The van der Waals surface area contributed by atoms with Crippen LogP contribution in [0.1, 0.15) is 32.0 Å². The van der Waals surface area contributed by atoms with Gasteiger partial charge in [0.05, 0.1) is 6.42 Å². The predicted molar refractivity (Wildman–Crippen MR) is 73.5 cm³/mol. The van der Waals surface area contributed by atoms with Gasteiger partial charge in [0.25, 0.3) is 5.91 Å². The Hall–Kier alpha value is -2.24. The number of carboxylic acid groups (broad SMARTS) is 1. The Morgan fingerprint density at radius 1 is 1.50 bits per heavy atom. The molecule has 1 aliphatic heterocycles. The molecule has 0 spiro atoms. The maximum Gasteiger partial charge on any atom is 0.307 e. The quantitative estimate of drug-likeness (QED) is 0.855. The molecular formula is C14H17N3O3. The highest BCUT2D eigenvalue weighted by molar-refractivity contribution is 6.13. The summed E-state index contributed by atoms with van der Waals surface area (Å²) in [5.74, 6) is -0.795. The summed E-state index contributed by atoms with van der Waals surface area (Å²) in [7, 11) is 0. The Morgan fingerprint density at radius 2 is 2.20 bits per heavy atom. The number of aliphatic imine (C=N–C) groups is 1. The van der Waals surface area contributed by atoms with E-state index in [0.29, 0.717) is 17.1 Å². The van der Waals surface area contributed by atoms with Gasteiger partial charge in [-0.3, -0.25) is 14.6 Å². The van der Waals surface area contributed by atoms with Crippen molar-refractivity contribution < 1.29 is 14.7 Å². The Balaban J connectivity index is 2.37. The van der Waals surface area contributed by atoms with Crippen LogP contribution in [0.2, 0.25) is 0 Å². The minimum Gasteiger partial charge on any atom is -0.481 e. The Bertz CT molecular complexity index is 595. The molecule has 20 heavy (non-hydrogen) atoms. The van der Waals surface area contributed by atoms with E-state index in [9.17, 15) is 9.59 Å². The highest BCUT2D eigenvalue weighted by Crippen LogP contribution is 2.24. The first kappa shape index (κ1) is 14.2. The topological polar surface area (TPSA) is 91.7 Å². The van der Waals surface area contributed by atoms with Gasteiger partial charge in [-0.15, -0.1) is 0 Å². The summed E-state index contributed by atoms with van der Waals surface area (Å²) in [6, 6.07) is 3.34. The molecule has 0 saturated carbocycles. The number of amides is 1. The fourth-order valence-electron chi connectivity index (χ4n) is 2.01. The van der Waals surface area contributed by atoms with Gasteiger partial charge in [-0.05, 0) is 24.5 Å². The molecule has 0 radical (unpaired) electrons. The van der Waals surface area contributed by atoms with Gasteiger partial charge in [0.15, 0.2) is 5.84 Å². The van der Waals surface area contributed by atoms with Gasteiger partial charge in [-0.25, -0.2) is 0 Å². The molecule has 0 saturated heterocycles. The second-order valence-electron chi connectivity index (χ2n) is 5.33. The standard InChI is InChI=1S/C14H17N3O3/c1-8(2)14(3)13(20)16-12(17-14)11-9(7-10(18)19)5-4-6-15-11/h4-6,8H,7H2,1-3H3,(H,18,19)(H,16,17,20). The van der Waals surface area contributed by atoms with Gasteiger partial charge in [-0.1, -0.05) is 19.9 Å². The van der Waals surface area contributed by atoms with Crippen molar-refractivity contribution in [1.29, 1.82) is 0 Å². The maximum absolute atomic E-state index is 12.1. The smallest absolute Gasteiger partial charge is 0.307 e. The largest absolute Gasteiger partial charge is 0.481 e. The van der Waals surface area contributed by atoms with Gasteiger partial charge >= 0.3 is 5.97 Å². The number of nitrogens with zero attached hydrogens (tertiary/aromatic N) is 2. The average Bonchev–Trinajstić information content (AvgIpc) is 2.67. The van der Waals surface area contributed by atoms with E-state index in [-0.39, 0.29) is 18.2 Å². The molecule has 1 atom stereocenters. The van der Waals surface area contributed by atoms with Crippen molar-refractivity contribution in [2.45, 2.75) is 32.7 Å². The summed E-state index contributed by atoms with van der Waals surface area (Å²) < 4.78 is 0. The number of carbonyl (C=O) groups excluding carboxylic acids is 1. The predicted octanol–water partition coefficient (Wildman–Crippen LogP) is 1.000. The molecular weight excluding hydrogens is 258 g/mol. The first-order chi connectivity index (χ1) is 9.34. The number of hydrogen-bond donors (Lipinski definition) is 2. The number of amidine groups is 1. The number of pyridine rings is 1. The number of aromatic nitrogens is 1. The van der Waals surface area contributed by atoms with Gasteiger partial charge in [0, 0.05) is 6.20 Å². The molecule has 0 aromatic carbocycles. The summed E-state index contributed by atoms with van der Waals surface area (Å²) in [6.07, 6.45) is 1.40. The molecule has 2 rings (SSSR count). The van der Waals surface area contributed by atoms with Gasteiger partial charge in [0.2, 0.25) is 0 Å². The summed E-state index contributed by atoms with van der Waals surface area (Å²) >= 11 is 0. The van der Waals surface area contributed by atoms with E-state index in [1.165, 1.54) is 0 Å². The lowest BCUT2D eigenvalue weighted by molar-refractivity contribution is -0.136. The lowest BCUT2D eigenvalue weighted by Gasteiger charge is -2.27. The van der Waals surface area contributed by atoms with Crippen molar-refractivity contribution in [3.05, 3.63) is 29.6 Å². The fraction of sp³-hybridized carbons (Fsp3) is 0.429. The summed E-state index contributed by atoms with van der Waals surface area (Å²) in [5, 5.41) is 12.0. The van der Waals surface area contributed by atoms with Crippen molar-refractivity contribution in [3.8, 4) is 0 Å². The third kappa shape index (κ3) is 2.41. The minimum atomic E-state index is -0.948. The van der Waals surface area contributed by atoms with E-state index in [4.69, 9.17) is 5.11 Å². The molecule has 1 aromatic heterocycles. The summed E-state index contributed by atoms with van der Waals surface area (Å²) in [5.41, 5.74) is 0.188. The zero-order valence-electron chi connectivity index (χ0n) is 11.7. The number of nitrogens with one attached hydrogen (secondary N) is 1. The molecule has 6 nitrogen and oxygen atoms in total. The number of carbonyl (C=O) groups is 2. The summed E-state index contributed by atoms with van der Waals surface area (Å²) in [4.78, 5) is 31.1. The van der Waals surface area contributed by atoms with Crippen LogP contribution in [0.5, 0.6) is 0 Å². The number of carboxylic acids is 1. The zero-order chi connectivity index (χ0) is 14.9. The van der Waals surface area contributed by atoms with Gasteiger partial charge < -0.3 is 10.4 Å². The molecule has 2 N–H and O–H groups in total. The first-order valence-corrected chi connectivity index (χ1v) is 6.42. The van der Waals surface area contributed by atoms with E-state index < -0.39 is 11.5 Å². The van der Waals surface area contributed by atoms with E-state index in [1.807, 2.05) is 13.8 Å². The Morgan fingerprint density at radius 3 is 2.75 bits per heavy atom. The SMILES string of the molecule is CC(C)C1(C)NC(c2ncccc2CC(=O)O)=NC1=O. The van der Waals surface area contributed by atoms with E-state index in [2.05, 4.69) is 15.3 Å². The van der Waals surface area contributed by atoms with Crippen LogP contribution in [0, 0.1) is 5.92 Å². The van der Waals surface area contributed by atoms with Gasteiger partial charge in [0.1, 0.15) is 11.2 Å². The van der Waals surface area contributed by atoms with Crippen molar-refractivity contribution in [2.24, 2.45) is 10.9 Å². The van der Waals surface area contributed by atoms with Crippen LogP contribution in [0.25, 0.3) is 0 Å². The van der Waals surface area contributed by atoms with E-state index in [1.54, 1.807) is 25.3 Å². The number of hydrogen-bond acceptors (Lipinski definition) is 4. The molecule has 1 unspecified atom stereocenters. The van der Waals surface area contributed by atoms with Gasteiger partial charge in [-0.2, -0.15) is 4.99 Å². The van der Waals surface area contributed by atoms with Crippen molar-refractivity contribution in [3.63, 3.8) is 0 Å². The normalized spacial score (nSPS) is 21.8. The van der Waals surface area contributed by atoms with Crippen LogP contribution in [-0.2, 0) is 16.0 Å². The fourth-order valence-corrected chi connectivity index (χ4v) is 2.01. The lowest BCUT2D eigenvalue weighted by atomic mass is 9.88. The Labute approximate surface area is 116 Å². The monoisotopic (exact) mass is 275 g/mol. The summed E-state index contributed by atoms with van der Waals surface area (Å²) in [6.45, 7) is 5.65. The van der Waals surface area contributed by atoms with E-state index >= 15 is 0 Å². The molecule has 2 heterocycles. The molecule has 0 fully saturated rings. The minimum absolute atomic E-state index is 0.0582. The highest BCUT2D eigenvalue weighted by atomic mass is 16.4. The van der Waals surface area contributed by atoms with Crippen LogP contribution in [0.3, 0.4) is 0 Å². The first-order valence-electron chi connectivity index (χ1n) is 6.42. The second kappa shape index (κ2) is 5.03. The lowest BCUT2D eigenvalue weighted by Crippen LogP contribution is -2.50. The van der Waals surface area contributed by atoms with Crippen LogP contribution >= 0.6 is 0 Å². The highest BCUT2D eigenvalue weighted by Gasteiger charge is 2.42. The second-order valence-corrected chi connectivity index (χ2v) is 5.33. The molecule has 6 heteroatoms. The number of rotatable bonds is 4. The van der Waals surface area contributed by atoms with Crippen LogP contribution in [0.4, 0.5) is 0 Å². The third-order valence-corrected chi connectivity index (χ3v) is 3.65. The van der Waals surface area contributed by atoms with Crippen LogP contribution < -0.4 is 5.32 Å². The van der Waals surface area contributed by atoms with Crippen molar-refractivity contribution in [1.82, 2.24) is 10.3 Å². The molecule has 0 bridgehead atoms. The van der Waals surface area contributed by atoms with Crippen molar-refractivity contribution >= 4 is 17.7 Å². The zero-order valence-corrected chi connectivity index (χ0v) is 11.7. The van der Waals surface area contributed by atoms with Crippen LogP contribution in [-0.4, -0.2) is 33.3 Å². The van der Waals surface area contributed by atoms with Crippen molar-refractivity contribution in [2.75, 3.05) is 0 Å². The van der Waals surface area contributed by atoms with E-state index in [0.717, 1.165) is 0 Å². The molecule has 1 aromatic rings. The molecule has 1 amide bonds. The molecule has 106 valence electrons. The van der Waals surface area contributed by atoms with Crippen LogP contribution in [0.15, 0.2) is 23.3 Å². The Kier molecular flexibility index (Phi) is 3.57.